The molecule has 248 valence electrons. The van der Waals surface area contributed by atoms with Crippen molar-refractivity contribution in [3.8, 4) is 11.5 Å². The summed E-state index contributed by atoms with van der Waals surface area (Å²) in [4.78, 5) is 80.9. The average Bonchev–Trinajstić information content (AvgIpc) is 3.06. The maximum Gasteiger partial charge on any atom is 0.332 e. The molecule has 0 spiro atoms. The Labute approximate surface area is 266 Å². The molecule has 0 saturated carbocycles. The lowest BCUT2D eigenvalue weighted by Gasteiger charge is -2.29. The normalized spacial score (nSPS) is 19.8. The number of aromatic nitrogens is 1. The highest BCUT2D eigenvalue weighted by Gasteiger charge is 2.42. The Morgan fingerprint density at radius 2 is 1.72 bits per heavy atom. The molecule has 14 nitrogen and oxygen atoms in total. The van der Waals surface area contributed by atoms with Gasteiger partial charge in [0.05, 0.1) is 32.5 Å². The number of ether oxygens (including phenoxy) is 6. The van der Waals surface area contributed by atoms with E-state index in [1.165, 1.54) is 26.3 Å². The Bertz CT molecular complexity index is 1410. The van der Waals surface area contributed by atoms with Crippen LogP contribution < -0.4 is 14.8 Å². The Morgan fingerprint density at radius 3 is 2.37 bits per heavy atom. The third-order valence-corrected chi connectivity index (χ3v) is 6.83. The van der Waals surface area contributed by atoms with Crippen molar-refractivity contribution in [3.63, 3.8) is 0 Å². The van der Waals surface area contributed by atoms with E-state index < -0.39 is 78.1 Å². The molecule has 2 aromatic rings. The molecule has 2 heterocycles. The second kappa shape index (κ2) is 16.9. The van der Waals surface area contributed by atoms with Gasteiger partial charge in [0.2, 0.25) is 5.75 Å². The van der Waals surface area contributed by atoms with Crippen molar-refractivity contribution in [2.45, 2.75) is 65.2 Å². The van der Waals surface area contributed by atoms with Gasteiger partial charge < -0.3 is 33.7 Å². The number of amides is 1. The van der Waals surface area contributed by atoms with Crippen LogP contribution in [-0.4, -0.2) is 79.3 Å². The summed E-state index contributed by atoms with van der Waals surface area (Å²) in [7, 11) is 1.28. The van der Waals surface area contributed by atoms with Crippen LogP contribution in [0.4, 0.5) is 0 Å². The van der Waals surface area contributed by atoms with Gasteiger partial charge in [-0.1, -0.05) is 44.2 Å². The standard InChI is InChI=1S/C32H38N2O12/c1-6-42-24(35)12-13-25(36)45-28-23(41-5)14-15-33-26(28)29(37)34-22-17-43-31(39)21(16-20-10-8-7-9-11-20)27(19(4)44-32(22)40)46-30(38)18(2)3/h7-11,14-15,18-19,21-22,27H,6,12-13,16-17H2,1-5H3,(H,34,37)/t19-,21+,22?,27?/m0/s1. The summed E-state index contributed by atoms with van der Waals surface area (Å²) in [5, 5.41) is 2.41. The molecule has 3 rings (SSSR count). The van der Waals surface area contributed by atoms with E-state index >= 15 is 0 Å². The van der Waals surface area contributed by atoms with Crippen molar-refractivity contribution < 1.29 is 57.2 Å². The van der Waals surface area contributed by atoms with Crippen molar-refractivity contribution in [1.29, 1.82) is 0 Å². The summed E-state index contributed by atoms with van der Waals surface area (Å²) in [5.74, 6) is -6.77. The number of methoxy groups -OCH3 is 1. The Balaban J connectivity index is 1.85. The Hall–Kier alpha value is -5.01. The first kappa shape index (κ1) is 35.5. The third-order valence-electron chi connectivity index (χ3n) is 6.83. The molecule has 1 aromatic carbocycles. The quantitative estimate of drug-likeness (QED) is 0.263. The first-order valence-electron chi connectivity index (χ1n) is 14.8. The lowest BCUT2D eigenvalue weighted by atomic mass is 9.91. The highest BCUT2D eigenvalue weighted by Crippen LogP contribution is 2.30. The fraction of sp³-hybridized carbons (Fsp3) is 0.469. The monoisotopic (exact) mass is 642 g/mol. The SMILES string of the molecule is CCOC(=O)CCC(=O)Oc1c(OC)ccnc1C(=O)NC1COC(=O)[C@H](Cc2ccccc2)C(OC(=O)C(C)C)[C@H](C)OC1=O. The predicted molar refractivity (Wildman–Crippen MR) is 158 cm³/mol. The summed E-state index contributed by atoms with van der Waals surface area (Å²) in [5.41, 5.74) is 0.327. The zero-order chi connectivity index (χ0) is 33.8. The van der Waals surface area contributed by atoms with E-state index in [0.29, 0.717) is 0 Å². The van der Waals surface area contributed by atoms with Gasteiger partial charge in [-0.15, -0.1) is 0 Å². The number of esters is 5. The van der Waals surface area contributed by atoms with Crippen molar-refractivity contribution in [3.05, 3.63) is 53.9 Å². The molecule has 14 heteroatoms. The molecule has 46 heavy (non-hydrogen) atoms. The van der Waals surface area contributed by atoms with Gasteiger partial charge in [-0.3, -0.25) is 24.0 Å². The summed E-state index contributed by atoms with van der Waals surface area (Å²) >= 11 is 0. The molecule has 0 bridgehead atoms. The van der Waals surface area contributed by atoms with Crippen molar-refractivity contribution >= 4 is 35.8 Å². The number of carbonyl (C=O) groups excluding carboxylic acids is 6. The first-order valence-corrected chi connectivity index (χ1v) is 14.8. The molecule has 1 saturated heterocycles. The fourth-order valence-electron chi connectivity index (χ4n) is 4.43. The van der Waals surface area contributed by atoms with Crippen LogP contribution in [0, 0.1) is 11.8 Å². The van der Waals surface area contributed by atoms with E-state index in [-0.39, 0.29) is 37.4 Å². The topological polar surface area (TPSA) is 183 Å². The minimum atomic E-state index is -1.52. The second-order valence-corrected chi connectivity index (χ2v) is 10.6. The van der Waals surface area contributed by atoms with E-state index in [1.807, 2.05) is 6.07 Å². The molecular weight excluding hydrogens is 604 g/mol. The van der Waals surface area contributed by atoms with Crippen molar-refractivity contribution in [2.75, 3.05) is 20.3 Å². The van der Waals surface area contributed by atoms with Crippen LogP contribution >= 0.6 is 0 Å². The number of carbonyl (C=O) groups is 6. The molecule has 1 amide bonds. The number of cyclic esters (lactones) is 2. The van der Waals surface area contributed by atoms with Gasteiger partial charge in [-0.2, -0.15) is 0 Å². The number of pyridine rings is 1. The lowest BCUT2D eigenvalue weighted by Crippen LogP contribution is -2.47. The average molecular weight is 643 g/mol. The summed E-state index contributed by atoms with van der Waals surface area (Å²) in [6, 6.07) is 8.81. The van der Waals surface area contributed by atoms with Crippen LogP contribution in [0.5, 0.6) is 11.5 Å². The fourth-order valence-corrected chi connectivity index (χ4v) is 4.43. The predicted octanol–water partition coefficient (Wildman–Crippen LogP) is 2.35. The molecule has 1 N–H and O–H groups in total. The molecule has 1 aromatic heterocycles. The molecule has 0 aliphatic carbocycles. The van der Waals surface area contributed by atoms with Crippen LogP contribution in [0.3, 0.4) is 0 Å². The van der Waals surface area contributed by atoms with Crippen molar-refractivity contribution in [2.24, 2.45) is 11.8 Å². The smallest absolute Gasteiger partial charge is 0.332 e. The number of hydrogen-bond acceptors (Lipinski definition) is 13. The maximum atomic E-state index is 13.4. The summed E-state index contributed by atoms with van der Waals surface area (Å²) in [6.07, 6.45) is -1.58. The number of nitrogens with zero attached hydrogens (tertiary/aromatic N) is 1. The first-order chi connectivity index (χ1) is 21.9. The van der Waals surface area contributed by atoms with E-state index in [4.69, 9.17) is 28.4 Å². The Kier molecular flexibility index (Phi) is 13.0. The zero-order valence-corrected chi connectivity index (χ0v) is 26.3. The molecule has 1 fully saturated rings. The number of benzene rings is 1. The summed E-state index contributed by atoms with van der Waals surface area (Å²) < 4.78 is 32.1. The van der Waals surface area contributed by atoms with E-state index in [0.717, 1.165) is 5.56 Å². The zero-order valence-electron chi connectivity index (χ0n) is 26.3. The van der Waals surface area contributed by atoms with Crippen LogP contribution in [0.25, 0.3) is 0 Å². The molecule has 2 unspecified atom stereocenters. The van der Waals surface area contributed by atoms with Crippen LogP contribution in [0.2, 0.25) is 0 Å². The van der Waals surface area contributed by atoms with Gasteiger partial charge in [0.15, 0.2) is 23.6 Å². The minimum Gasteiger partial charge on any atom is -0.493 e. The van der Waals surface area contributed by atoms with Crippen LogP contribution in [-0.2, 0) is 49.3 Å². The van der Waals surface area contributed by atoms with E-state index in [2.05, 4.69) is 10.3 Å². The summed E-state index contributed by atoms with van der Waals surface area (Å²) in [6.45, 7) is 5.88. The largest absolute Gasteiger partial charge is 0.493 e. The van der Waals surface area contributed by atoms with Crippen LogP contribution in [0.1, 0.15) is 56.6 Å². The highest BCUT2D eigenvalue weighted by molar-refractivity contribution is 5.99. The molecule has 1 aliphatic rings. The number of hydrogen-bond donors (Lipinski definition) is 1. The van der Waals surface area contributed by atoms with Gasteiger partial charge in [0.25, 0.3) is 5.91 Å². The lowest BCUT2D eigenvalue weighted by molar-refractivity contribution is -0.176. The van der Waals surface area contributed by atoms with E-state index in [1.54, 1.807) is 45.0 Å². The van der Waals surface area contributed by atoms with Gasteiger partial charge in [0, 0.05) is 12.3 Å². The maximum absolute atomic E-state index is 13.4. The number of nitrogens with one attached hydrogen (secondary N) is 1. The Morgan fingerprint density at radius 1 is 1.02 bits per heavy atom. The molecule has 4 atom stereocenters. The van der Waals surface area contributed by atoms with E-state index in [9.17, 15) is 28.8 Å². The third kappa shape index (κ3) is 9.74. The van der Waals surface area contributed by atoms with Gasteiger partial charge >= 0.3 is 29.8 Å². The van der Waals surface area contributed by atoms with Crippen molar-refractivity contribution in [1.82, 2.24) is 10.3 Å². The van der Waals surface area contributed by atoms with Crippen LogP contribution in [0.15, 0.2) is 42.6 Å². The number of rotatable bonds is 12. The molecular formula is C32H38N2O12. The van der Waals surface area contributed by atoms with Gasteiger partial charge in [-0.25, -0.2) is 9.78 Å². The van der Waals surface area contributed by atoms with Gasteiger partial charge in [0.1, 0.15) is 18.6 Å². The second-order valence-electron chi connectivity index (χ2n) is 10.6. The minimum absolute atomic E-state index is 0.0275. The molecule has 1 aliphatic heterocycles. The highest BCUT2D eigenvalue weighted by atomic mass is 16.6. The van der Waals surface area contributed by atoms with Gasteiger partial charge in [-0.05, 0) is 25.8 Å². The molecule has 0 radical (unpaired) electrons.